The molecular formula is C20H25FN4O2S. The average molecular weight is 405 g/mol. The maximum absolute atomic E-state index is 13.6. The number of hydrogen-bond acceptors (Lipinski definition) is 5. The molecule has 1 aliphatic heterocycles. The van der Waals surface area contributed by atoms with Crippen molar-refractivity contribution in [2.75, 3.05) is 26.2 Å². The first-order chi connectivity index (χ1) is 13.5. The Balaban J connectivity index is 1.33. The van der Waals surface area contributed by atoms with Crippen LogP contribution in [0.25, 0.3) is 0 Å². The van der Waals surface area contributed by atoms with Gasteiger partial charge in [-0.3, -0.25) is 14.5 Å². The van der Waals surface area contributed by atoms with Crippen LogP contribution in [-0.4, -0.2) is 47.9 Å². The second-order valence-corrected chi connectivity index (χ2v) is 8.00. The van der Waals surface area contributed by atoms with E-state index in [1.165, 1.54) is 18.2 Å². The molecule has 2 N–H and O–H groups in total. The van der Waals surface area contributed by atoms with Gasteiger partial charge in [-0.1, -0.05) is 12.1 Å². The Labute approximate surface area is 168 Å². The highest BCUT2D eigenvalue weighted by molar-refractivity contribution is 7.09. The lowest BCUT2D eigenvalue weighted by molar-refractivity contribution is -0.126. The Kier molecular flexibility index (Phi) is 7.11. The number of rotatable bonds is 7. The van der Waals surface area contributed by atoms with E-state index in [1.54, 1.807) is 17.4 Å². The quantitative estimate of drug-likeness (QED) is 0.695. The van der Waals surface area contributed by atoms with Crippen LogP contribution in [0.2, 0.25) is 0 Å². The van der Waals surface area contributed by atoms with E-state index in [0.29, 0.717) is 6.54 Å². The van der Waals surface area contributed by atoms with E-state index in [9.17, 15) is 14.0 Å². The first-order valence-corrected chi connectivity index (χ1v) is 10.3. The van der Waals surface area contributed by atoms with Gasteiger partial charge in [0.25, 0.3) is 5.91 Å². The maximum atomic E-state index is 13.6. The van der Waals surface area contributed by atoms with Crippen molar-refractivity contribution in [1.82, 2.24) is 20.5 Å². The van der Waals surface area contributed by atoms with Gasteiger partial charge in [-0.15, -0.1) is 11.3 Å². The molecule has 1 fully saturated rings. The topological polar surface area (TPSA) is 74.3 Å². The lowest BCUT2D eigenvalue weighted by atomic mass is 9.96. The zero-order valence-corrected chi connectivity index (χ0v) is 16.7. The van der Waals surface area contributed by atoms with Crippen LogP contribution >= 0.6 is 11.3 Å². The number of nitrogens with zero attached hydrogens (tertiary/aromatic N) is 2. The minimum atomic E-state index is -0.552. The van der Waals surface area contributed by atoms with Crippen molar-refractivity contribution in [1.29, 1.82) is 0 Å². The molecule has 1 aromatic heterocycles. The zero-order chi connectivity index (χ0) is 19.9. The minimum Gasteiger partial charge on any atom is -0.354 e. The molecular weight excluding hydrogens is 379 g/mol. The van der Waals surface area contributed by atoms with E-state index in [1.807, 2.05) is 6.92 Å². The molecule has 150 valence electrons. The monoisotopic (exact) mass is 404 g/mol. The number of piperidine rings is 1. The van der Waals surface area contributed by atoms with Gasteiger partial charge >= 0.3 is 0 Å². The molecule has 0 saturated carbocycles. The van der Waals surface area contributed by atoms with Gasteiger partial charge < -0.3 is 10.6 Å². The molecule has 6 nitrogen and oxygen atoms in total. The number of nitrogens with one attached hydrogen (secondary N) is 2. The van der Waals surface area contributed by atoms with E-state index in [-0.39, 0.29) is 23.9 Å². The van der Waals surface area contributed by atoms with E-state index in [0.717, 1.165) is 43.2 Å². The first-order valence-electron chi connectivity index (χ1n) is 9.46. The molecule has 2 amide bonds. The summed E-state index contributed by atoms with van der Waals surface area (Å²) in [6.07, 6.45) is 1.63. The van der Waals surface area contributed by atoms with Gasteiger partial charge in [-0.05, 0) is 45.0 Å². The third-order valence-electron chi connectivity index (χ3n) is 4.84. The predicted molar refractivity (Wildman–Crippen MR) is 107 cm³/mol. The van der Waals surface area contributed by atoms with Crippen molar-refractivity contribution in [3.05, 3.63) is 51.7 Å². The third-order valence-corrected chi connectivity index (χ3v) is 5.66. The van der Waals surface area contributed by atoms with Gasteiger partial charge in [0.05, 0.1) is 16.3 Å². The molecule has 1 saturated heterocycles. The largest absolute Gasteiger partial charge is 0.354 e. The second kappa shape index (κ2) is 9.75. The molecule has 8 heteroatoms. The van der Waals surface area contributed by atoms with Crippen LogP contribution in [0.5, 0.6) is 0 Å². The van der Waals surface area contributed by atoms with E-state index in [2.05, 4.69) is 25.9 Å². The molecule has 0 radical (unpaired) electrons. The van der Waals surface area contributed by atoms with Crippen LogP contribution in [0.3, 0.4) is 0 Å². The Morgan fingerprint density at radius 3 is 2.61 bits per heavy atom. The highest BCUT2D eigenvalue weighted by Crippen LogP contribution is 2.19. The summed E-state index contributed by atoms with van der Waals surface area (Å²) in [6.45, 7) is 5.18. The molecule has 0 atom stereocenters. The van der Waals surface area contributed by atoms with Crippen molar-refractivity contribution in [2.45, 2.75) is 26.3 Å². The number of thiazole rings is 1. The average Bonchev–Trinajstić information content (AvgIpc) is 3.10. The van der Waals surface area contributed by atoms with E-state index < -0.39 is 11.7 Å². The van der Waals surface area contributed by atoms with Gasteiger partial charge in [0, 0.05) is 30.9 Å². The van der Waals surface area contributed by atoms with Gasteiger partial charge in [-0.2, -0.15) is 0 Å². The van der Waals surface area contributed by atoms with Crippen LogP contribution in [-0.2, 0) is 11.3 Å². The number of amides is 2. The summed E-state index contributed by atoms with van der Waals surface area (Å²) in [5.41, 5.74) is 1.10. The number of hydrogen-bond donors (Lipinski definition) is 2. The standard InChI is InChI=1S/C20H25FN4O2S/c1-14-24-16(13-28-14)12-25-10-6-15(7-11-25)19(26)22-8-9-23-20(27)17-4-2-3-5-18(17)21/h2-5,13,15H,6-12H2,1H3,(H,22,26)(H,23,27). The Hall–Kier alpha value is -2.32. The summed E-state index contributed by atoms with van der Waals surface area (Å²) >= 11 is 1.66. The number of carbonyl (C=O) groups is 2. The number of aromatic nitrogens is 1. The van der Waals surface area contributed by atoms with Crippen LogP contribution in [0.1, 0.15) is 33.9 Å². The fourth-order valence-electron chi connectivity index (χ4n) is 3.31. The molecule has 2 heterocycles. The highest BCUT2D eigenvalue weighted by atomic mass is 32.1. The number of carbonyl (C=O) groups excluding carboxylic acids is 2. The Bertz CT molecular complexity index is 818. The Morgan fingerprint density at radius 1 is 1.21 bits per heavy atom. The smallest absolute Gasteiger partial charge is 0.254 e. The fraction of sp³-hybridized carbons (Fsp3) is 0.450. The van der Waals surface area contributed by atoms with Crippen LogP contribution in [0.4, 0.5) is 4.39 Å². The molecule has 1 aromatic carbocycles. The van der Waals surface area contributed by atoms with Crippen molar-refractivity contribution < 1.29 is 14.0 Å². The zero-order valence-electron chi connectivity index (χ0n) is 15.9. The SMILES string of the molecule is Cc1nc(CN2CCC(C(=O)NCCNC(=O)c3ccccc3F)CC2)cs1. The van der Waals surface area contributed by atoms with Gasteiger partial charge in [-0.25, -0.2) is 9.37 Å². The highest BCUT2D eigenvalue weighted by Gasteiger charge is 2.25. The number of halogens is 1. The molecule has 3 rings (SSSR count). The molecule has 0 aliphatic carbocycles. The summed E-state index contributed by atoms with van der Waals surface area (Å²) < 4.78 is 13.6. The summed E-state index contributed by atoms with van der Waals surface area (Å²) in [4.78, 5) is 31.1. The van der Waals surface area contributed by atoms with Crippen LogP contribution in [0.15, 0.2) is 29.6 Å². The van der Waals surface area contributed by atoms with Crippen molar-refractivity contribution in [2.24, 2.45) is 5.92 Å². The summed E-state index contributed by atoms with van der Waals surface area (Å²) in [5, 5.41) is 8.65. The molecule has 2 aromatic rings. The predicted octanol–water partition coefficient (Wildman–Crippen LogP) is 2.35. The van der Waals surface area contributed by atoms with E-state index in [4.69, 9.17) is 0 Å². The number of benzene rings is 1. The first kappa shape index (κ1) is 20.4. The minimum absolute atomic E-state index is 0.00399. The maximum Gasteiger partial charge on any atom is 0.254 e. The molecule has 0 bridgehead atoms. The number of likely N-dealkylation sites (tertiary alicyclic amines) is 1. The lowest BCUT2D eigenvalue weighted by Gasteiger charge is -2.30. The second-order valence-electron chi connectivity index (χ2n) is 6.94. The van der Waals surface area contributed by atoms with Gasteiger partial charge in [0.2, 0.25) is 5.91 Å². The van der Waals surface area contributed by atoms with E-state index >= 15 is 0 Å². The summed E-state index contributed by atoms with van der Waals surface area (Å²) in [7, 11) is 0. The third kappa shape index (κ3) is 5.59. The molecule has 28 heavy (non-hydrogen) atoms. The fourth-order valence-corrected chi connectivity index (χ4v) is 3.91. The summed E-state index contributed by atoms with van der Waals surface area (Å²) in [5.74, 6) is -1.01. The normalized spacial score (nSPS) is 15.4. The van der Waals surface area contributed by atoms with Gasteiger partial charge in [0.15, 0.2) is 0 Å². The molecule has 0 spiro atoms. The molecule has 0 unspecified atom stereocenters. The van der Waals surface area contributed by atoms with Crippen molar-refractivity contribution >= 4 is 23.2 Å². The van der Waals surface area contributed by atoms with Crippen molar-refractivity contribution in [3.63, 3.8) is 0 Å². The number of aryl methyl sites for hydroxylation is 1. The summed E-state index contributed by atoms with van der Waals surface area (Å²) in [6, 6.07) is 5.83. The lowest BCUT2D eigenvalue weighted by Crippen LogP contribution is -2.42. The van der Waals surface area contributed by atoms with Crippen LogP contribution in [0, 0.1) is 18.7 Å². The van der Waals surface area contributed by atoms with Gasteiger partial charge in [0.1, 0.15) is 5.82 Å². The van der Waals surface area contributed by atoms with Crippen molar-refractivity contribution in [3.8, 4) is 0 Å². The Morgan fingerprint density at radius 2 is 1.93 bits per heavy atom. The molecule has 1 aliphatic rings. The van der Waals surface area contributed by atoms with Crippen LogP contribution < -0.4 is 10.6 Å².